The Balaban J connectivity index is 1.87. The van der Waals surface area contributed by atoms with Gasteiger partial charge >= 0.3 is 6.03 Å². The Kier molecular flexibility index (Phi) is 13.9. The van der Waals surface area contributed by atoms with E-state index in [0.717, 1.165) is 38.3 Å². The van der Waals surface area contributed by atoms with Gasteiger partial charge in [-0.25, -0.2) is 4.79 Å². The van der Waals surface area contributed by atoms with Crippen molar-refractivity contribution in [1.29, 1.82) is 0 Å². The summed E-state index contributed by atoms with van der Waals surface area (Å²) in [5.74, 6) is 1.04. The molecule has 0 radical (unpaired) electrons. The molecule has 1 aromatic carbocycles. The maximum atomic E-state index is 14.2. The predicted molar refractivity (Wildman–Crippen MR) is 168 cm³/mol. The summed E-state index contributed by atoms with van der Waals surface area (Å²) in [4.78, 5) is 30.8. The maximum Gasteiger partial charge on any atom is 0.319 e. The lowest BCUT2D eigenvalue weighted by Crippen LogP contribution is -2.47. The van der Waals surface area contributed by atoms with Crippen LogP contribution in [0.1, 0.15) is 96.3 Å². The summed E-state index contributed by atoms with van der Waals surface area (Å²) in [5, 5.41) is 15.8. The average molecular weight is 589 g/mol. The molecule has 4 atom stereocenters. The Labute approximate surface area is 253 Å². The normalized spacial score (nSPS) is 24.1. The molecule has 1 saturated carbocycles. The van der Waals surface area contributed by atoms with Crippen LogP contribution in [0.15, 0.2) is 18.2 Å². The molecule has 9 heteroatoms. The highest BCUT2D eigenvalue weighted by atomic mass is 16.5. The monoisotopic (exact) mass is 588 g/mol. The van der Waals surface area contributed by atoms with Gasteiger partial charge in [-0.2, -0.15) is 0 Å². The number of nitrogens with one attached hydrogen (secondary N) is 2. The van der Waals surface area contributed by atoms with Gasteiger partial charge in [-0.3, -0.25) is 4.79 Å². The van der Waals surface area contributed by atoms with Gasteiger partial charge in [0.2, 0.25) is 0 Å². The number of rotatable bonds is 8. The molecule has 0 aromatic heterocycles. The molecule has 3 N–H and O–H groups in total. The van der Waals surface area contributed by atoms with Crippen LogP contribution in [0.5, 0.6) is 5.75 Å². The largest absolute Gasteiger partial charge is 0.490 e. The number of carbonyl (C=O) groups excluding carboxylic acids is 2. The lowest BCUT2D eigenvalue weighted by Gasteiger charge is -2.36. The molecule has 0 unspecified atom stereocenters. The van der Waals surface area contributed by atoms with Crippen molar-refractivity contribution in [2.45, 2.75) is 110 Å². The highest BCUT2D eigenvalue weighted by Crippen LogP contribution is 2.29. The first-order valence-corrected chi connectivity index (χ1v) is 16.2. The van der Waals surface area contributed by atoms with E-state index < -0.39 is 6.04 Å². The van der Waals surface area contributed by atoms with Crippen molar-refractivity contribution in [3.63, 3.8) is 0 Å². The van der Waals surface area contributed by atoms with E-state index in [1.807, 2.05) is 27.7 Å². The number of aliphatic hydroxyl groups excluding tert-OH is 1. The molecule has 0 bridgehead atoms. The lowest BCUT2D eigenvalue weighted by molar-refractivity contribution is -0.0190. The zero-order chi connectivity index (χ0) is 30.6. The second-order valence-electron chi connectivity index (χ2n) is 13.0. The van der Waals surface area contributed by atoms with Crippen LogP contribution in [0.2, 0.25) is 0 Å². The first kappa shape index (κ1) is 34.1. The third-order valence-corrected chi connectivity index (χ3v) is 8.52. The van der Waals surface area contributed by atoms with Crippen molar-refractivity contribution in [3.8, 4) is 5.75 Å². The van der Waals surface area contributed by atoms with Gasteiger partial charge in [0.05, 0.1) is 30.4 Å². The van der Waals surface area contributed by atoms with Crippen molar-refractivity contribution >= 4 is 17.6 Å². The van der Waals surface area contributed by atoms with Gasteiger partial charge in [0.15, 0.2) is 0 Å². The number of aliphatic hydroxyl groups is 1. The van der Waals surface area contributed by atoms with E-state index in [-0.39, 0.29) is 42.7 Å². The van der Waals surface area contributed by atoms with Gasteiger partial charge in [0.25, 0.3) is 5.91 Å². The van der Waals surface area contributed by atoms with E-state index in [9.17, 15) is 14.7 Å². The first-order chi connectivity index (χ1) is 20.1. The van der Waals surface area contributed by atoms with Crippen LogP contribution in [-0.2, 0) is 4.74 Å². The van der Waals surface area contributed by atoms with Crippen LogP contribution in [0, 0.1) is 11.8 Å². The molecular weight excluding hydrogens is 532 g/mol. The minimum Gasteiger partial charge on any atom is -0.490 e. The number of carbonyl (C=O) groups is 2. The molecule has 2 aliphatic rings. The third kappa shape index (κ3) is 10.7. The quantitative estimate of drug-likeness (QED) is 0.369. The van der Waals surface area contributed by atoms with Gasteiger partial charge in [0.1, 0.15) is 5.75 Å². The molecule has 0 saturated heterocycles. The van der Waals surface area contributed by atoms with Crippen LogP contribution >= 0.6 is 0 Å². The van der Waals surface area contributed by atoms with Crippen molar-refractivity contribution in [2.24, 2.45) is 11.8 Å². The minimum atomic E-state index is -0.403. The Morgan fingerprint density at radius 2 is 1.79 bits per heavy atom. The number of ether oxygens (including phenoxy) is 2. The number of benzene rings is 1. The highest BCUT2D eigenvalue weighted by molar-refractivity contribution is 5.99. The number of hydrogen-bond donors (Lipinski definition) is 3. The molecule has 1 heterocycles. The van der Waals surface area contributed by atoms with Crippen LogP contribution in [-0.4, -0.2) is 91.0 Å². The van der Waals surface area contributed by atoms with E-state index >= 15 is 0 Å². The van der Waals surface area contributed by atoms with E-state index in [4.69, 9.17) is 9.47 Å². The number of amides is 3. The number of likely N-dealkylation sites (N-methyl/N-ethyl adjacent to an activating group) is 1. The smallest absolute Gasteiger partial charge is 0.319 e. The van der Waals surface area contributed by atoms with Crippen molar-refractivity contribution in [3.05, 3.63) is 23.8 Å². The van der Waals surface area contributed by atoms with E-state index in [1.165, 1.54) is 32.1 Å². The van der Waals surface area contributed by atoms with Crippen LogP contribution in [0.3, 0.4) is 0 Å². The van der Waals surface area contributed by atoms with Gasteiger partial charge in [0, 0.05) is 43.9 Å². The fourth-order valence-electron chi connectivity index (χ4n) is 6.08. The average Bonchev–Trinajstić information content (AvgIpc) is 2.94. The van der Waals surface area contributed by atoms with Gasteiger partial charge < -0.3 is 35.0 Å². The summed E-state index contributed by atoms with van der Waals surface area (Å²) in [6.45, 7) is 12.6. The van der Waals surface area contributed by atoms with Crippen molar-refractivity contribution in [1.82, 2.24) is 15.1 Å². The molecule has 1 fully saturated rings. The molecule has 42 heavy (non-hydrogen) atoms. The summed E-state index contributed by atoms with van der Waals surface area (Å²) in [7, 11) is 2.19. The molecule has 238 valence electrons. The highest BCUT2D eigenvalue weighted by Gasteiger charge is 2.31. The van der Waals surface area contributed by atoms with Gasteiger partial charge in [-0.05, 0) is 91.0 Å². The topological polar surface area (TPSA) is 103 Å². The van der Waals surface area contributed by atoms with Crippen LogP contribution in [0.25, 0.3) is 0 Å². The summed E-state index contributed by atoms with van der Waals surface area (Å²) >= 11 is 0. The lowest BCUT2D eigenvalue weighted by atomic mass is 9.89. The van der Waals surface area contributed by atoms with Gasteiger partial charge in [-0.1, -0.05) is 26.2 Å². The number of hydrogen-bond acceptors (Lipinski definition) is 6. The number of nitrogens with zero attached hydrogens (tertiary/aromatic N) is 2. The fourth-order valence-corrected chi connectivity index (χ4v) is 6.08. The Bertz CT molecular complexity index is 983. The second-order valence-corrected chi connectivity index (χ2v) is 13.0. The second kappa shape index (κ2) is 17.1. The predicted octanol–water partition coefficient (Wildman–Crippen LogP) is 5.52. The fraction of sp³-hybridized carbons (Fsp3) is 0.758. The summed E-state index contributed by atoms with van der Waals surface area (Å²) < 4.78 is 12.8. The van der Waals surface area contributed by atoms with Crippen molar-refractivity contribution in [2.75, 3.05) is 45.2 Å². The first-order valence-electron chi connectivity index (χ1n) is 16.2. The van der Waals surface area contributed by atoms with Crippen molar-refractivity contribution < 1.29 is 24.2 Å². The molecule has 1 aromatic rings. The Hall–Kier alpha value is -2.36. The standard InChI is InChI=1S/C33H56N4O5/c1-23(2)34-33(40)35-28-15-16-30-29(18-28)32(39)37(25(4)22-38)19-24(3)31(41-17-11-10-12-26(5)42-30)21-36(6)20-27-13-8-7-9-14-27/h15-16,18,23-27,31,38H,7-14,17,19-22H2,1-6H3,(H2,34,35,40)/t24-,25-,26+,31-/m1/s1. The summed E-state index contributed by atoms with van der Waals surface area (Å²) in [5.41, 5.74) is 0.883. The van der Waals surface area contributed by atoms with E-state index in [2.05, 4.69) is 29.5 Å². The summed E-state index contributed by atoms with van der Waals surface area (Å²) in [6.07, 6.45) is 9.23. The zero-order valence-corrected chi connectivity index (χ0v) is 26.9. The van der Waals surface area contributed by atoms with Crippen LogP contribution < -0.4 is 15.4 Å². The SMILES string of the molecule is CC(C)NC(=O)Nc1ccc2c(c1)C(=O)N([C@H](C)CO)C[C@@H](C)[C@@H](CN(C)CC1CCCCC1)OCCCC[C@H](C)O2. The molecule has 9 nitrogen and oxygen atoms in total. The van der Waals surface area contributed by atoms with Gasteiger partial charge in [-0.15, -0.1) is 0 Å². The van der Waals surface area contributed by atoms with E-state index in [1.54, 1.807) is 23.1 Å². The van der Waals surface area contributed by atoms with E-state index in [0.29, 0.717) is 30.2 Å². The third-order valence-electron chi connectivity index (χ3n) is 8.52. The maximum absolute atomic E-state index is 14.2. The minimum absolute atomic E-state index is 0.0209. The molecule has 0 spiro atoms. The molecule has 1 aliphatic carbocycles. The Morgan fingerprint density at radius 1 is 1.07 bits per heavy atom. The molecule has 3 amide bonds. The number of fused-ring (bicyclic) bond motifs is 1. The molecular formula is C33H56N4O5. The molecule has 3 rings (SSSR count). The zero-order valence-electron chi connectivity index (χ0n) is 26.9. The summed E-state index contributed by atoms with van der Waals surface area (Å²) in [6, 6.07) is 4.45. The van der Waals surface area contributed by atoms with Crippen LogP contribution in [0.4, 0.5) is 10.5 Å². The Morgan fingerprint density at radius 3 is 2.48 bits per heavy atom. The number of anilines is 1. The molecule has 1 aliphatic heterocycles. The number of urea groups is 1.